The van der Waals surface area contributed by atoms with E-state index in [1.807, 2.05) is 58.8 Å². The highest BCUT2D eigenvalue weighted by molar-refractivity contribution is 7.10. The van der Waals surface area contributed by atoms with Crippen LogP contribution in [-0.4, -0.2) is 28.3 Å². The minimum absolute atomic E-state index is 0.0454. The largest absolute Gasteiger partial charge is 0.324 e. The van der Waals surface area contributed by atoms with Gasteiger partial charge in [0.2, 0.25) is 11.8 Å². The second-order valence-electron chi connectivity index (χ2n) is 7.35. The molecule has 1 aromatic heterocycles. The average Bonchev–Trinajstić information content (AvgIpc) is 3.16. The first-order valence-electron chi connectivity index (χ1n) is 9.60. The Morgan fingerprint density at radius 3 is 2.44 bits per heavy atom. The lowest BCUT2D eigenvalue weighted by Gasteiger charge is -2.40. The number of nitrogens with one attached hydrogen (secondary N) is 1. The van der Waals surface area contributed by atoms with Crippen LogP contribution in [0.15, 0.2) is 53.9 Å². The quantitative estimate of drug-likeness (QED) is 0.738. The van der Waals surface area contributed by atoms with Crippen molar-refractivity contribution in [3.8, 4) is 0 Å². The summed E-state index contributed by atoms with van der Waals surface area (Å²) >= 11 is 1.60. The Hall–Kier alpha value is -2.40. The van der Waals surface area contributed by atoms with Crippen molar-refractivity contribution in [2.24, 2.45) is 0 Å². The third-order valence-corrected chi connectivity index (χ3v) is 6.27. The first-order valence-corrected chi connectivity index (χ1v) is 10.5. The number of thiophene rings is 1. The molecule has 2 aliphatic carbocycles. The van der Waals surface area contributed by atoms with Gasteiger partial charge in [-0.05, 0) is 55.3 Å². The van der Waals surface area contributed by atoms with Gasteiger partial charge in [0, 0.05) is 22.7 Å². The molecule has 1 aromatic carbocycles. The summed E-state index contributed by atoms with van der Waals surface area (Å²) in [6.45, 7) is 0. The van der Waals surface area contributed by atoms with Crippen molar-refractivity contribution in [3.63, 3.8) is 0 Å². The molecule has 2 aliphatic rings. The molecule has 0 radical (unpaired) electrons. The van der Waals surface area contributed by atoms with Crippen molar-refractivity contribution < 1.29 is 9.59 Å². The second-order valence-corrected chi connectivity index (χ2v) is 8.33. The lowest BCUT2D eigenvalue weighted by atomic mass is 9.92. The van der Waals surface area contributed by atoms with E-state index in [1.165, 1.54) is 0 Å². The Kier molecular flexibility index (Phi) is 5.12. The number of benzene rings is 1. The average molecular weight is 381 g/mol. The van der Waals surface area contributed by atoms with E-state index in [9.17, 15) is 9.59 Å². The van der Waals surface area contributed by atoms with Crippen LogP contribution in [0.5, 0.6) is 0 Å². The molecule has 140 valence electrons. The third-order valence-electron chi connectivity index (χ3n) is 5.43. The van der Waals surface area contributed by atoms with Crippen LogP contribution in [0.2, 0.25) is 0 Å². The molecule has 2 amide bonds. The van der Waals surface area contributed by atoms with Crippen LogP contribution < -0.4 is 5.32 Å². The summed E-state index contributed by atoms with van der Waals surface area (Å²) in [7, 11) is 0. The summed E-state index contributed by atoms with van der Waals surface area (Å²) in [6.07, 6.45) is 8.90. The van der Waals surface area contributed by atoms with Crippen molar-refractivity contribution in [1.29, 1.82) is 0 Å². The first-order chi connectivity index (χ1) is 13.2. The maximum absolute atomic E-state index is 13.3. The lowest BCUT2D eigenvalue weighted by Crippen LogP contribution is -2.58. The normalized spacial score (nSPS) is 18.5. The first kappa shape index (κ1) is 18.0. The highest BCUT2D eigenvalue weighted by Gasteiger charge is 2.52. The molecule has 2 aromatic rings. The van der Waals surface area contributed by atoms with Crippen molar-refractivity contribution in [3.05, 3.63) is 58.8 Å². The number of hydrogen-bond acceptors (Lipinski definition) is 3. The van der Waals surface area contributed by atoms with E-state index < -0.39 is 5.54 Å². The Bertz CT molecular complexity index is 819. The van der Waals surface area contributed by atoms with Gasteiger partial charge in [0.15, 0.2) is 0 Å². The molecule has 2 fully saturated rings. The number of carbonyl (C=O) groups is 2. The summed E-state index contributed by atoms with van der Waals surface area (Å²) in [5, 5.41) is 5.05. The maximum atomic E-state index is 13.3. The monoisotopic (exact) mass is 380 g/mol. The van der Waals surface area contributed by atoms with E-state index in [0.29, 0.717) is 0 Å². The van der Waals surface area contributed by atoms with Gasteiger partial charge in [-0.15, -0.1) is 11.3 Å². The van der Waals surface area contributed by atoms with Crippen LogP contribution in [0.3, 0.4) is 0 Å². The number of amides is 2. The summed E-state index contributed by atoms with van der Waals surface area (Å²) in [4.78, 5) is 29.4. The molecule has 0 atom stereocenters. The Labute approximate surface area is 163 Å². The zero-order valence-electron chi connectivity index (χ0n) is 15.3. The van der Waals surface area contributed by atoms with Crippen LogP contribution in [0.4, 0.5) is 5.69 Å². The molecule has 2 saturated carbocycles. The van der Waals surface area contributed by atoms with Crippen LogP contribution in [0.1, 0.15) is 43.4 Å². The molecule has 4 nitrogen and oxygen atoms in total. The summed E-state index contributed by atoms with van der Waals surface area (Å²) in [5.41, 5.74) is 0.0551. The molecule has 0 spiro atoms. The zero-order chi connectivity index (χ0) is 18.7. The Balaban J connectivity index is 1.59. The van der Waals surface area contributed by atoms with Crippen LogP contribution >= 0.6 is 11.3 Å². The van der Waals surface area contributed by atoms with Gasteiger partial charge in [-0.25, -0.2) is 0 Å². The summed E-state index contributed by atoms with van der Waals surface area (Å²) in [6, 6.07) is 13.7. The fourth-order valence-corrected chi connectivity index (χ4v) is 4.62. The van der Waals surface area contributed by atoms with E-state index in [4.69, 9.17) is 0 Å². The van der Waals surface area contributed by atoms with Gasteiger partial charge in [0.25, 0.3) is 0 Å². The topological polar surface area (TPSA) is 49.4 Å². The second kappa shape index (κ2) is 7.69. The van der Waals surface area contributed by atoms with E-state index in [0.717, 1.165) is 49.1 Å². The fraction of sp³-hybridized carbons (Fsp3) is 0.364. The van der Waals surface area contributed by atoms with Gasteiger partial charge in [0.05, 0.1) is 0 Å². The standard InChI is InChI=1S/C22H24N2O2S/c25-20(13-12-19-9-6-16-27-19)24(18-10-11-18)22(14-4-5-15-22)21(26)23-17-7-2-1-3-8-17/h1-3,6-9,12-13,16,18H,4-5,10-11,14-15H2,(H,23,26)/b13-12+. The molecule has 5 heteroatoms. The van der Waals surface area contributed by atoms with Crippen molar-refractivity contribution in [2.75, 3.05) is 5.32 Å². The van der Waals surface area contributed by atoms with Gasteiger partial charge < -0.3 is 10.2 Å². The molecule has 27 heavy (non-hydrogen) atoms. The maximum Gasteiger partial charge on any atom is 0.250 e. The Morgan fingerprint density at radius 1 is 1.07 bits per heavy atom. The molecule has 0 bridgehead atoms. The van der Waals surface area contributed by atoms with Crippen LogP contribution in [-0.2, 0) is 9.59 Å². The van der Waals surface area contributed by atoms with E-state index in [1.54, 1.807) is 17.4 Å². The highest BCUT2D eigenvalue weighted by atomic mass is 32.1. The molecule has 0 unspecified atom stereocenters. The number of hydrogen-bond donors (Lipinski definition) is 1. The molecular formula is C22H24N2O2S. The summed E-state index contributed by atoms with van der Waals surface area (Å²) < 4.78 is 0. The number of carbonyl (C=O) groups excluding carboxylic acids is 2. The molecule has 0 aliphatic heterocycles. The smallest absolute Gasteiger partial charge is 0.250 e. The SMILES string of the molecule is O=C(/C=C/c1cccs1)N(C1CC1)C1(C(=O)Nc2ccccc2)CCCC1. The van der Waals surface area contributed by atoms with E-state index >= 15 is 0 Å². The van der Waals surface area contributed by atoms with Crippen molar-refractivity contribution in [2.45, 2.75) is 50.1 Å². The fourth-order valence-electron chi connectivity index (χ4n) is 4.00. The number of anilines is 1. The van der Waals surface area contributed by atoms with Crippen molar-refractivity contribution >= 4 is 34.9 Å². The van der Waals surface area contributed by atoms with Gasteiger partial charge in [-0.3, -0.25) is 9.59 Å². The van der Waals surface area contributed by atoms with Crippen molar-refractivity contribution in [1.82, 2.24) is 4.90 Å². The van der Waals surface area contributed by atoms with Gasteiger partial charge in [0.1, 0.15) is 5.54 Å². The summed E-state index contributed by atoms with van der Waals surface area (Å²) in [5.74, 6) is -0.0908. The Morgan fingerprint density at radius 2 is 1.81 bits per heavy atom. The number of rotatable bonds is 6. The molecule has 1 N–H and O–H groups in total. The number of para-hydroxylation sites is 1. The molecule has 4 rings (SSSR count). The number of nitrogens with zero attached hydrogens (tertiary/aromatic N) is 1. The van der Waals surface area contributed by atoms with E-state index in [2.05, 4.69) is 5.32 Å². The highest BCUT2D eigenvalue weighted by Crippen LogP contribution is 2.43. The van der Waals surface area contributed by atoms with Gasteiger partial charge in [-0.1, -0.05) is 37.1 Å². The lowest BCUT2D eigenvalue weighted by molar-refractivity contribution is -0.142. The molecular weight excluding hydrogens is 356 g/mol. The van der Waals surface area contributed by atoms with Gasteiger partial charge >= 0.3 is 0 Å². The molecule has 0 saturated heterocycles. The third kappa shape index (κ3) is 3.83. The van der Waals surface area contributed by atoms with Crippen LogP contribution in [0, 0.1) is 0 Å². The predicted octanol–water partition coefficient (Wildman–Crippen LogP) is 4.70. The minimum Gasteiger partial charge on any atom is -0.324 e. The van der Waals surface area contributed by atoms with E-state index in [-0.39, 0.29) is 17.9 Å². The van der Waals surface area contributed by atoms with Gasteiger partial charge in [-0.2, -0.15) is 0 Å². The van der Waals surface area contributed by atoms with Crippen LogP contribution in [0.25, 0.3) is 6.08 Å². The predicted molar refractivity (Wildman–Crippen MR) is 109 cm³/mol. The molecule has 1 heterocycles. The zero-order valence-corrected chi connectivity index (χ0v) is 16.1. The minimum atomic E-state index is -0.728.